The fourth-order valence-corrected chi connectivity index (χ4v) is 0.386. The molecule has 0 aliphatic heterocycles. The van der Waals surface area contributed by atoms with Crippen LogP contribution in [0, 0.1) is 5.92 Å². The summed E-state index contributed by atoms with van der Waals surface area (Å²) in [7, 11) is 1.10. The quantitative estimate of drug-likeness (QED) is 0.409. The van der Waals surface area contributed by atoms with Crippen LogP contribution in [0.5, 0.6) is 0 Å². The molecule has 0 aromatic carbocycles. The molecule has 2 N–H and O–H groups in total. The Hall–Kier alpha value is -0.610. The minimum Gasteiger partial charge on any atom is -0.465 e. The maximum atomic E-state index is 10.6. The topological polar surface area (TPSA) is 66.8 Å². The minimum absolute atomic E-state index is 0.569. The van der Waals surface area contributed by atoms with Gasteiger partial charge < -0.3 is 14.9 Å². The van der Waals surface area contributed by atoms with Gasteiger partial charge >= 0.3 is 5.97 Å². The number of hydrogen-bond donors (Lipinski definition) is 2. The van der Waals surface area contributed by atoms with E-state index in [4.69, 9.17) is 10.2 Å². The highest BCUT2D eigenvalue weighted by molar-refractivity contribution is 5.77. The summed E-state index contributed by atoms with van der Waals surface area (Å²) < 4.78 is 4.14. The molecule has 0 heterocycles. The molecule has 0 aliphatic carbocycles. The zero-order valence-electron chi connectivity index (χ0n) is 6.29. The van der Waals surface area contributed by atoms with Gasteiger partial charge in [0.1, 0.15) is 0 Å². The third kappa shape index (κ3) is 1.68. The number of carbonyl (C=O) groups excluding carboxylic acids is 1. The molecule has 4 heteroatoms. The van der Waals surface area contributed by atoms with E-state index >= 15 is 0 Å². The number of rotatable bonds is 2. The smallest absolute Gasteiger partial charge is 0.366 e. The van der Waals surface area contributed by atoms with Crippen LogP contribution in [0.1, 0.15) is 13.8 Å². The summed E-state index contributed by atoms with van der Waals surface area (Å²) in [5, 5.41) is 17.9. The van der Waals surface area contributed by atoms with Crippen molar-refractivity contribution in [1.29, 1.82) is 0 Å². The second kappa shape index (κ2) is 2.98. The van der Waals surface area contributed by atoms with E-state index in [1.807, 2.05) is 0 Å². The second-order valence-corrected chi connectivity index (χ2v) is 2.37. The van der Waals surface area contributed by atoms with E-state index in [2.05, 4.69) is 4.74 Å². The summed E-state index contributed by atoms with van der Waals surface area (Å²) in [6, 6.07) is 0. The number of hydrogen-bond acceptors (Lipinski definition) is 4. The Morgan fingerprint density at radius 2 is 1.90 bits per heavy atom. The number of methoxy groups -OCH3 is 1. The zero-order chi connectivity index (χ0) is 8.36. The van der Waals surface area contributed by atoms with E-state index in [1.54, 1.807) is 0 Å². The first-order valence-electron chi connectivity index (χ1n) is 2.96. The lowest BCUT2D eigenvalue weighted by Crippen LogP contribution is -2.44. The van der Waals surface area contributed by atoms with Crippen LogP contribution in [0.3, 0.4) is 0 Å². The van der Waals surface area contributed by atoms with Gasteiger partial charge in [0.25, 0.3) is 5.79 Å². The van der Waals surface area contributed by atoms with Gasteiger partial charge in [-0.15, -0.1) is 0 Å². The average Bonchev–Trinajstić information content (AvgIpc) is 1.86. The summed E-state index contributed by atoms with van der Waals surface area (Å²) in [6.07, 6.45) is 0. The largest absolute Gasteiger partial charge is 0.465 e. The van der Waals surface area contributed by atoms with E-state index in [-0.39, 0.29) is 0 Å². The van der Waals surface area contributed by atoms with Crippen molar-refractivity contribution in [1.82, 2.24) is 0 Å². The molecule has 0 aliphatic rings. The Bertz CT molecular complexity index is 128. The first kappa shape index (κ1) is 9.39. The van der Waals surface area contributed by atoms with E-state index in [0.29, 0.717) is 0 Å². The molecule has 0 rings (SSSR count). The molecule has 0 atom stereocenters. The third-order valence-electron chi connectivity index (χ3n) is 1.29. The Kier molecular flexibility index (Phi) is 2.80. The van der Waals surface area contributed by atoms with Gasteiger partial charge in [-0.3, -0.25) is 0 Å². The lowest BCUT2D eigenvalue weighted by atomic mass is 10.0. The summed E-state index contributed by atoms with van der Waals surface area (Å²) in [5.41, 5.74) is 0. The van der Waals surface area contributed by atoms with Crippen molar-refractivity contribution in [3.63, 3.8) is 0 Å². The third-order valence-corrected chi connectivity index (χ3v) is 1.29. The lowest BCUT2D eigenvalue weighted by molar-refractivity contribution is -0.221. The molecule has 0 bridgehead atoms. The molecule has 0 amide bonds. The molecule has 60 valence electrons. The maximum absolute atomic E-state index is 10.6. The van der Waals surface area contributed by atoms with Gasteiger partial charge in [-0.1, -0.05) is 13.8 Å². The molecular formula is C6H12O4. The maximum Gasteiger partial charge on any atom is 0.366 e. The highest BCUT2D eigenvalue weighted by atomic mass is 16.6. The molecule has 0 aromatic heterocycles. The lowest BCUT2D eigenvalue weighted by Gasteiger charge is -2.21. The van der Waals surface area contributed by atoms with Gasteiger partial charge in [0, 0.05) is 5.92 Å². The summed E-state index contributed by atoms with van der Waals surface area (Å²) in [5.74, 6) is -3.95. The molecule has 0 spiro atoms. The van der Waals surface area contributed by atoms with Gasteiger partial charge in [0.2, 0.25) is 0 Å². The summed E-state index contributed by atoms with van der Waals surface area (Å²) in [6.45, 7) is 3.02. The van der Waals surface area contributed by atoms with Gasteiger partial charge in [0.05, 0.1) is 7.11 Å². The van der Waals surface area contributed by atoms with Crippen LogP contribution in [-0.2, 0) is 9.53 Å². The van der Waals surface area contributed by atoms with Crippen molar-refractivity contribution < 1.29 is 19.7 Å². The van der Waals surface area contributed by atoms with Crippen molar-refractivity contribution >= 4 is 5.97 Å². The van der Waals surface area contributed by atoms with Gasteiger partial charge in [-0.2, -0.15) is 0 Å². The van der Waals surface area contributed by atoms with E-state index < -0.39 is 17.7 Å². The molecule has 0 unspecified atom stereocenters. The predicted molar refractivity (Wildman–Crippen MR) is 34.0 cm³/mol. The van der Waals surface area contributed by atoms with Crippen LogP contribution in [0.4, 0.5) is 0 Å². The standard InChI is InChI=1S/C6H12O4/c1-4(2)6(8,9)5(7)10-3/h4,8-9H,1-3H3. The van der Waals surface area contributed by atoms with Crippen molar-refractivity contribution in [2.24, 2.45) is 5.92 Å². The van der Waals surface area contributed by atoms with Crippen LogP contribution < -0.4 is 0 Å². The van der Waals surface area contributed by atoms with Gasteiger partial charge in [-0.25, -0.2) is 4.79 Å². The summed E-state index contributed by atoms with van der Waals surface area (Å²) in [4.78, 5) is 10.6. The number of carbonyl (C=O) groups is 1. The van der Waals surface area contributed by atoms with Crippen molar-refractivity contribution in [2.75, 3.05) is 7.11 Å². The molecule has 0 aromatic rings. The van der Waals surface area contributed by atoms with Crippen molar-refractivity contribution in [3.05, 3.63) is 0 Å². The molecule has 10 heavy (non-hydrogen) atoms. The van der Waals surface area contributed by atoms with Gasteiger partial charge in [0.15, 0.2) is 0 Å². The fourth-order valence-electron chi connectivity index (χ4n) is 0.386. The van der Waals surface area contributed by atoms with Crippen molar-refractivity contribution in [3.8, 4) is 0 Å². The molecule has 0 radical (unpaired) electrons. The van der Waals surface area contributed by atoms with Crippen molar-refractivity contribution in [2.45, 2.75) is 19.6 Å². The van der Waals surface area contributed by atoms with Gasteiger partial charge in [-0.05, 0) is 0 Å². The van der Waals surface area contributed by atoms with Crippen LogP contribution in [0.15, 0.2) is 0 Å². The Balaban J connectivity index is 4.24. The molecule has 0 saturated carbocycles. The fraction of sp³-hybridized carbons (Fsp3) is 0.833. The van der Waals surface area contributed by atoms with Crippen LogP contribution >= 0.6 is 0 Å². The monoisotopic (exact) mass is 148 g/mol. The van der Waals surface area contributed by atoms with Crippen LogP contribution in [0.2, 0.25) is 0 Å². The molecule has 0 saturated heterocycles. The molecule has 0 fully saturated rings. The first-order valence-corrected chi connectivity index (χ1v) is 2.96. The second-order valence-electron chi connectivity index (χ2n) is 2.37. The Morgan fingerprint density at radius 3 is 2.00 bits per heavy atom. The Labute approximate surface area is 59.4 Å². The van der Waals surface area contributed by atoms with Crippen LogP contribution in [0.25, 0.3) is 0 Å². The SMILES string of the molecule is COC(=O)C(O)(O)C(C)C. The number of aliphatic hydroxyl groups is 2. The molecule has 4 nitrogen and oxygen atoms in total. The molecular weight excluding hydrogens is 136 g/mol. The minimum atomic E-state index is -2.35. The van der Waals surface area contributed by atoms with E-state index in [9.17, 15) is 4.79 Å². The van der Waals surface area contributed by atoms with E-state index in [1.165, 1.54) is 13.8 Å². The highest BCUT2D eigenvalue weighted by Gasteiger charge is 2.37. The van der Waals surface area contributed by atoms with E-state index in [0.717, 1.165) is 7.11 Å². The zero-order valence-corrected chi connectivity index (χ0v) is 6.29. The summed E-state index contributed by atoms with van der Waals surface area (Å²) >= 11 is 0. The first-order chi connectivity index (χ1) is 4.42. The average molecular weight is 148 g/mol. The highest BCUT2D eigenvalue weighted by Crippen LogP contribution is 2.13. The Morgan fingerprint density at radius 1 is 1.50 bits per heavy atom. The number of ether oxygens (including phenoxy) is 1. The predicted octanol–water partition coefficient (Wildman–Crippen LogP) is -0.504. The number of esters is 1. The van der Waals surface area contributed by atoms with Crippen LogP contribution in [-0.4, -0.2) is 29.1 Å². The normalized spacial score (nSPS) is 11.8.